The first kappa shape index (κ1) is 12.1. The summed E-state index contributed by atoms with van der Waals surface area (Å²) < 4.78 is 0.439. The van der Waals surface area contributed by atoms with Gasteiger partial charge in [0.15, 0.2) is 0 Å². The van der Waals surface area contributed by atoms with E-state index in [0.717, 1.165) is 0 Å². The van der Waals surface area contributed by atoms with Crippen molar-refractivity contribution in [2.24, 2.45) is 0 Å². The monoisotopic (exact) mass is 254 g/mol. The van der Waals surface area contributed by atoms with Gasteiger partial charge in [0, 0.05) is 0 Å². The summed E-state index contributed by atoms with van der Waals surface area (Å²) in [4.78, 5) is 0. The van der Waals surface area contributed by atoms with Crippen molar-refractivity contribution in [2.75, 3.05) is 0 Å². The van der Waals surface area contributed by atoms with E-state index in [4.69, 9.17) is 0 Å². The van der Waals surface area contributed by atoms with Crippen LogP contribution in [-0.4, -0.2) is 13.3 Å². The van der Waals surface area contributed by atoms with Crippen LogP contribution in [0.4, 0.5) is 0 Å². The van der Waals surface area contributed by atoms with Crippen LogP contribution in [0.25, 0.3) is 0 Å². The average molecular weight is 253 g/mol. The summed E-state index contributed by atoms with van der Waals surface area (Å²) in [7, 11) is 0. The van der Waals surface area contributed by atoms with Gasteiger partial charge in [0.05, 0.1) is 0 Å². The third kappa shape index (κ3) is 1.34. The van der Waals surface area contributed by atoms with Gasteiger partial charge in [-0.3, -0.25) is 0 Å². The maximum atomic E-state index is 2.53. The Kier molecular flexibility index (Phi) is 2.82. The molecule has 0 saturated carbocycles. The van der Waals surface area contributed by atoms with Crippen LogP contribution in [0, 0.1) is 0 Å². The molecule has 1 aliphatic rings. The maximum absolute atomic E-state index is 2.53. The zero-order chi connectivity index (χ0) is 11.3. The molecule has 1 aliphatic carbocycles. The Labute approximate surface area is 91.8 Å². The van der Waals surface area contributed by atoms with E-state index in [1.807, 2.05) is 0 Å². The predicted molar refractivity (Wildman–Crippen MR) is 68.5 cm³/mol. The van der Waals surface area contributed by atoms with Crippen molar-refractivity contribution < 1.29 is 0 Å². The number of hydrogen-bond acceptors (Lipinski definition) is 0. The predicted octanol–water partition coefficient (Wildman–Crippen LogP) is 4.77. The molecule has 14 heavy (non-hydrogen) atoms. The van der Waals surface area contributed by atoms with Gasteiger partial charge in [-0.05, 0) is 0 Å². The molecule has 0 N–H and O–H groups in total. The van der Waals surface area contributed by atoms with Crippen LogP contribution in [0.2, 0.25) is 21.5 Å². The molecular formula is C13H24Ge. The molecule has 1 heteroatoms. The molecule has 0 nitrogen and oxygen atoms in total. The summed E-state index contributed by atoms with van der Waals surface area (Å²) in [5.41, 5.74) is 6.37. The fraction of sp³-hybridized carbons (Fsp3) is 0.692. The molecule has 80 valence electrons. The molecule has 0 atom stereocenters. The molecule has 0 heterocycles. The van der Waals surface area contributed by atoms with E-state index >= 15 is 0 Å². The minimum atomic E-state index is -1.69. The number of rotatable bonds is 1. The second-order valence-electron chi connectivity index (χ2n) is 5.88. The van der Waals surface area contributed by atoms with Crippen molar-refractivity contribution >= 4 is 13.3 Å². The summed E-state index contributed by atoms with van der Waals surface area (Å²) in [5.74, 6) is 7.58. The van der Waals surface area contributed by atoms with Gasteiger partial charge in [0.1, 0.15) is 0 Å². The van der Waals surface area contributed by atoms with Crippen molar-refractivity contribution in [1.29, 1.82) is 0 Å². The molecule has 0 bridgehead atoms. The second-order valence-corrected chi connectivity index (χ2v) is 17.4. The van der Waals surface area contributed by atoms with Crippen LogP contribution in [0.1, 0.15) is 34.6 Å². The summed E-state index contributed by atoms with van der Waals surface area (Å²) in [6.45, 7) is 11.7. The first-order valence-corrected chi connectivity index (χ1v) is 12.8. The van der Waals surface area contributed by atoms with Gasteiger partial charge in [-0.15, -0.1) is 0 Å². The van der Waals surface area contributed by atoms with Crippen LogP contribution in [0.5, 0.6) is 0 Å². The Morgan fingerprint density at radius 2 is 1.07 bits per heavy atom. The zero-order valence-electron chi connectivity index (χ0n) is 11.0. The van der Waals surface area contributed by atoms with Crippen LogP contribution in [0.15, 0.2) is 22.3 Å². The van der Waals surface area contributed by atoms with Crippen LogP contribution < -0.4 is 0 Å². The molecule has 0 aliphatic heterocycles. The molecule has 0 fully saturated rings. The molecule has 0 aromatic heterocycles. The fourth-order valence-corrected chi connectivity index (χ4v) is 8.23. The standard InChI is InChI=1S/C13H24Ge/c1-9-10(2)12(4)13(5,11(9)3)14(6,7)8/h1-8H3. The van der Waals surface area contributed by atoms with Gasteiger partial charge in [-0.25, -0.2) is 0 Å². The third-order valence-corrected chi connectivity index (χ3v) is 12.6. The van der Waals surface area contributed by atoms with Crippen molar-refractivity contribution in [1.82, 2.24) is 0 Å². The van der Waals surface area contributed by atoms with Crippen molar-refractivity contribution in [3.8, 4) is 0 Å². The summed E-state index contributed by atoms with van der Waals surface area (Å²) in [5, 5.41) is 0. The molecule has 0 amide bonds. The molecule has 1 rings (SSSR count). The Morgan fingerprint density at radius 3 is 1.21 bits per heavy atom. The van der Waals surface area contributed by atoms with Crippen LogP contribution in [-0.2, 0) is 0 Å². The molecular weight excluding hydrogens is 229 g/mol. The van der Waals surface area contributed by atoms with Crippen molar-refractivity contribution in [3.63, 3.8) is 0 Å². The van der Waals surface area contributed by atoms with Gasteiger partial charge >= 0.3 is 91.7 Å². The van der Waals surface area contributed by atoms with Crippen LogP contribution >= 0.6 is 0 Å². The van der Waals surface area contributed by atoms with E-state index in [2.05, 4.69) is 51.9 Å². The minimum absolute atomic E-state index is 0.439. The Bertz CT molecular complexity index is 300. The van der Waals surface area contributed by atoms with Gasteiger partial charge in [0.2, 0.25) is 0 Å². The second kappa shape index (κ2) is 3.26. The third-order valence-electron chi connectivity index (χ3n) is 4.69. The van der Waals surface area contributed by atoms with E-state index in [0.29, 0.717) is 4.25 Å². The average Bonchev–Trinajstić information content (AvgIpc) is 2.21. The van der Waals surface area contributed by atoms with Gasteiger partial charge in [-0.1, -0.05) is 0 Å². The molecule has 0 radical (unpaired) electrons. The van der Waals surface area contributed by atoms with E-state index < -0.39 is 13.3 Å². The molecule has 0 spiro atoms. The van der Waals surface area contributed by atoms with Crippen LogP contribution in [0.3, 0.4) is 0 Å². The molecule has 0 aromatic rings. The van der Waals surface area contributed by atoms with E-state index in [1.54, 1.807) is 22.3 Å². The number of hydrogen-bond donors (Lipinski definition) is 0. The first-order chi connectivity index (χ1) is 6.14. The van der Waals surface area contributed by atoms with E-state index in [9.17, 15) is 0 Å². The summed E-state index contributed by atoms with van der Waals surface area (Å²) >= 11 is -1.69. The summed E-state index contributed by atoms with van der Waals surface area (Å²) in [6.07, 6.45) is 0. The molecule has 0 unspecified atom stereocenters. The SMILES string of the molecule is CC1=C(C)[C](C)([Ge]([CH3])([CH3])[CH3])C(C)=C1C. The Morgan fingerprint density at radius 1 is 0.786 bits per heavy atom. The normalized spacial score (nSPS) is 22.3. The van der Waals surface area contributed by atoms with E-state index in [-0.39, 0.29) is 0 Å². The van der Waals surface area contributed by atoms with Gasteiger partial charge in [0.25, 0.3) is 0 Å². The fourth-order valence-electron chi connectivity index (χ4n) is 2.72. The first-order valence-electron chi connectivity index (χ1n) is 5.50. The molecule has 0 saturated heterocycles. The zero-order valence-corrected chi connectivity index (χ0v) is 13.1. The topological polar surface area (TPSA) is 0 Å². The summed E-state index contributed by atoms with van der Waals surface area (Å²) in [6, 6.07) is 0. The van der Waals surface area contributed by atoms with E-state index in [1.165, 1.54) is 0 Å². The Balaban J connectivity index is 3.42. The number of allylic oxidation sites excluding steroid dienone is 4. The van der Waals surface area contributed by atoms with Gasteiger partial charge < -0.3 is 0 Å². The Hall–Kier alpha value is 0.0229. The van der Waals surface area contributed by atoms with Crippen molar-refractivity contribution in [3.05, 3.63) is 22.3 Å². The van der Waals surface area contributed by atoms with Gasteiger partial charge in [-0.2, -0.15) is 0 Å². The van der Waals surface area contributed by atoms with Crippen molar-refractivity contribution in [2.45, 2.75) is 56.1 Å². The molecule has 0 aromatic carbocycles. The quantitative estimate of drug-likeness (QED) is 0.590.